The number of aryl methyl sites for hydroxylation is 2. The summed E-state index contributed by atoms with van der Waals surface area (Å²) >= 11 is 0. The molecule has 0 saturated heterocycles. The highest BCUT2D eigenvalue weighted by atomic mass is 16.5. The summed E-state index contributed by atoms with van der Waals surface area (Å²) in [6.45, 7) is 4.43. The van der Waals surface area contributed by atoms with Crippen LogP contribution in [0, 0.1) is 13.8 Å². The minimum absolute atomic E-state index is 0.363. The fourth-order valence-corrected chi connectivity index (χ4v) is 2.00. The van der Waals surface area contributed by atoms with Crippen molar-refractivity contribution in [2.24, 2.45) is 0 Å². The predicted molar refractivity (Wildman–Crippen MR) is 79.9 cm³/mol. The van der Waals surface area contributed by atoms with E-state index in [1.807, 2.05) is 38.1 Å². The van der Waals surface area contributed by atoms with E-state index < -0.39 is 0 Å². The van der Waals surface area contributed by atoms with Crippen molar-refractivity contribution in [2.75, 3.05) is 0 Å². The van der Waals surface area contributed by atoms with Crippen LogP contribution in [0.15, 0.2) is 42.7 Å². The molecule has 0 aliphatic rings. The summed E-state index contributed by atoms with van der Waals surface area (Å²) in [5.74, 6) is 2.22. The number of rotatable bonds is 4. The van der Waals surface area contributed by atoms with Gasteiger partial charge < -0.3 is 4.74 Å². The molecule has 106 valence electrons. The highest BCUT2D eigenvalue weighted by Gasteiger charge is 2.07. The Balaban J connectivity index is 1.72. The van der Waals surface area contributed by atoms with Gasteiger partial charge in [0.2, 0.25) is 0 Å². The van der Waals surface area contributed by atoms with Crippen LogP contribution in [0.5, 0.6) is 5.75 Å². The van der Waals surface area contributed by atoms with E-state index in [2.05, 4.69) is 26.2 Å². The summed E-state index contributed by atoms with van der Waals surface area (Å²) in [5.41, 5.74) is 3.21. The summed E-state index contributed by atoms with van der Waals surface area (Å²) in [7, 11) is 0. The van der Waals surface area contributed by atoms with E-state index >= 15 is 0 Å². The Bertz CT molecular complexity index is 737. The Hall–Kier alpha value is -2.69. The minimum atomic E-state index is 0.363. The van der Waals surface area contributed by atoms with E-state index in [1.54, 1.807) is 12.4 Å². The van der Waals surface area contributed by atoms with Crippen molar-refractivity contribution in [3.8, 4) is 17.1 Å². The van der Waals surface area contributed by atoms with Gasteiger partial charge in [-0.25, -0.2) is 4.98 Å². The first-order valence-electron chi connectivity index (χ1n) is 6.74. The smallest absolute Gasteiger partial charge is 0.181 e. The number of aromatic nitrogens is 4. The van der Waals surface area contributed by atoms with Gasteiger partial charge in [0.15, 0.2) is 11.6 Å². The zero-order valence-corrected chi connectivity index (χ0v) is 12.0. The van der Waals surface area contributed by atoms with E-state index in [-0.39, 0.29) is 0 Å². The first kappa shape index (κ1) is 13.3. The third-order valence-electron chi connectivity index (χ3n) is 3.18. The van der Waals surface area contributed by atoms with Crippen molar-refractivity contribution in [3.05, 3.63) is 59.7 Å². The molecule has 0 bridgehead atoms. The van der Waals surface area contributed by atoms with E-state index in [0.717, 1.165) is 16.9 Å². The van der Waals surface area contributed by atoms with E-state index in [0.29, 0.717) is 18.3 Å². The van der Waals surface area contributed by atoms with Crippen LogP contribution in [0.3, 0.4) is 0 Å². The molecule has 1 aromatic carbocycles. The molecular weight excluding hydrogens is 264 g/mol. The monoisotopic (exact) mass is 280 g/mol. The fraction of sp³-hybridized carbons (Fsp3) is 0.188. The predicted octanol–water partition coefficient (Wildman–Crippen LogP) is 3.06. The number of hydrogen-bond donors (Lipinski definition) is 1. The van der Waals surface area contributed by atoms with Gasteiger partial charge in [-0.2, -0.15) is 5.10 Å². The standard InChI is InChI=1S/C16H16N4O/c1-11-3-4-12(2)14(9-11)21-10-15-18-16(20-19-15)13-5-7-17-8-6-13/h3-9H,10H2,1-2H3,(H,18,19,20). The first-order chi connectivity index (χ1) is 10.2. The van der Waals surface area contributed by atoms with Crippen LogP contribution in [0.4, 0.5) is 0 Å². The van der Waals surface area contributed by atoms with Crippen molar-refractivity contribution in [1.29, 1.82) is 0 Å². The molecule has 3 rings (SSSR count). The maximum atomic E-state index is 5.81. The molecule has 0 radical (unpaired) electrons. The molecule has 1 N–H and O–H groups in total. The van der Waals surface area contributed by atoms with Gasteiger partial charge in [-0.15, -0.1) is 0 Å². The number of benzene rings is 1. The Morgan fingerprint density at radius 1 is 1.10 bits per heavy atom. The molecule has 5 nitrogen and oxygen atoms in total. The number of hydrogen-bond acceptors (Lipinski definition) is 4. The number of pyridine rings is 1. The van der Waals surface area contributed by atoms with Crippen molar-refractivity contribution in [2.45, 2.75) is 20.5 Å². The number of H-pyrrole nitrogens is 1. The summed E-state index contributed by atoms with van der Waals surface area (Å²) < 4.78 is 5.81. The molecule has 0 aliphatic heterocycles. The van der Waals surface area contributed by atoms with Gasteiger partial charge in [0.25, 0.3) is 0 Å². The fourth-order valence-electron chi connectivity index (χ4n) is 2.00. The molecule has 0 unspecified atom stereocenters. The highest BCUT2D eigenvalue weighted by Crippen LogP contribution is 2.20. The SMILES string of the molecule is Cc1ccc(C)c(OCc2nc(-c3ccncc3)n[nH]2)c1. The normalized spacial score (nSPS) is 10.6. The third kappa shape index (κ3) is 3.08. The number of nitrogens with one attached hydrogen (secondary N) is 1. The topological polar surface area (TPSA) is 63.7 Å². The van der Waals surface area contributed by atoms with Crippen LogP contribution in [0.1, 0.15) is 17.0 Å². The van der Waals surface area contributed by atoms with E-state index in [9.17, 15) is 0 Å². The minimum Gasteiger partial charge on any atom is -0.485 e. The maximum Gasteiger partial charge on any atom is 0.181 e. The highest BCUT2D eigenvalue weighted by molar-refractivity contribution is 5.52. The van der Waals surface area contributed by atoms with Gasteiger partial charge in [0, 0.05) is 18.0 Å². The van der Waals surface area contributed by atoms with Gasteiger partial charge in [-0.3, -0.25) is 10.1 Å². The average molecular weight is 280 g/mol. The first-order valence-corrected chi connectivity index (χ1v) is 6.74. The zero-order valence-electron chi connectivity index (χ0n) is 12.0. The molecule has 0 amide bonds. The maximum absolute atomic E-state index is 5.81. The molecular formula is C16H16N4O. The zero-order chi connectivity index (χ0) is 14.7. The summed E-state index contributed by atoms with van der Waals surface area (Å²) in [4.78, 5) is 8.41. The van der Waals surface area contributed by atoms with Gasteiger partial charge in [-0.05, 0) is 43.2 Å². The van der Waals surface area contributed by atoms with Crippen LogP contribution < -0.4 is 4.74 Å². The third-order valence-corrected chi connectivity index (χ3v) is 3.18. The molecule has 0 aliphatic carbocycles. The lowest BCUT2D eigenvalue weighted by Gasteiger charge is -2.08. The summed E-state index contributed by atoms with van der Waals surface area (Å²) in [5, 5.41) is 7.10. The van der Waals surface area contributed by atoms with Crippen LogP contribution in [-0.2, 0) is 6.61 Å². The lowest BCUT2D eigenvalue weighted by Crippen LogP contribution is -1.99. The lowest BCUT2D eigenvalue weighted by atomic mass is 10.1. The van der Waals surface area contributed by atoms with E-state index in [4.69, 9.17) is 4.74 Å². The van der Waals surface area contributed by atoms with Gasteiger partial charge in [0.05, 0.1) is 0 Å². The van der Waals surface area contributed by atoms with Crippen molar-refractivity contribution < 1.29 is 4.74 Å². The molecule has 3 aromatic rings. The Labute approximate surface area is 123 Å². The van der Waals surface area contributed by atoms with Gasteiger partial charge >= 0.3 is 0 Å². The van der Waals surface area contributed by atoms with Crippen molar-refractivity contribution in [1.82, 2.24) is 20.2 Å². The van der Waals surface area contributed by atoms with Crippen LogP contribution >= 0.6 is 0 Å². The molecule has 0 spiro atoms. The molecule has 2 heterocycles. The molecule has 5 heteroatoms. The number of ether oxygens (including phenoxy) is 1. The van der Waals surface area contributed by atoms with Crippen molar-refractivity contribution in [3.63, 3.8) is 0 Å². The Kier molecular flexibility index (Phi) is 3.64. The lowest BCUT2D eigenvalue weighted by molar-refractivity contribution is 0.294. The molecule has 0 saturated carbocycles. The molecule has 0 atom stereocenters. The molecule has 0 fully saturated rings. The van der Waals surface area contributed by atoms with Crippen LogP contribution in [-0.4, -0.2) is 20.2 Å². The second-order valence-electron chi connectivity index (χ2n) is 4.90. The second-order valence-corrected chi connectivity index (χ2v) is 4.90. The number of nitrogens with zero attached hydrogens (tertiary/aromatic N) is 3. The van der Waals surface area contributed by atoms with E-state index in [1.165, 1.54) is 5.56 Å². The number of aromatic amines is 1. The van der Waals surface area contributed by atoms with Gasteiger partial charge in [0.1, 0.15) is 12.4 Å². The quantitative estimate of drug-likeness (QED) is 0.797. The Morgan fingerprint density at radius 2 is 1.90 bits per heavy atom. The summed E-state index contributed by atoms with van der Waals surface area (Å²) in [6, 6.07) is 9.89. The summed E-state index contributed by atoms with van der Waals surface area (Å²) in [6.07, 6.45) is 3.44. The molecule has 2 aromatic heterocycles. The van der Waals surface area contributed by atoms with Gasteiger partial charge in [-0.1, -0.05) is 12.1 Å². The van der Waals surface area contributed by atoms with Crippen LogP contribution in [0.2, 0.25) is 0 Å². The van der Waals surface area contributed by atoms with Crippen molar-refractivity contribution >= 4 is 0 Å². The average Bonchev–Trinajstić information content (AvgIpc) is 2.98. The van der Waals surface area contributed by atoms with Crippen LogP contribution in [0.25, 0.3) is 11.4 Å². The largest absolute Gasteiger partial charge is 0.485 e. The second kappa shape index (κ2) is 5.75. The molecule has 21 heavy (non-hydrogen) atoms. The Morgan fingerprint density at radius 3 is 2.71 bits per heavy atom.